The highest BCUT2D eigenvalue weighted by atomic mass is 35.5. The molecule has 4 rings (SSSR count). The van der Waals surface area contributed by atoms with E-state index in [-0.39, 0.29) is 11.3 Å². The Hall–Kier alpha value is -4.01. The number of phenols is 1. The van der Waals surface area contributed by atoms with Crippen LogP contribution in [0.25, 0.3) is 17.0 Å². The second-order valence-corrected chi connectivity index (χ2v) is 7.84. The summed E-state index contributed by atoms with van der Waals surface area (Å²) in [6.07, 6.45) is 1.63. The Morgan fingerprint density at radius 2 is 1.78 bits per heavy atom. The molecule has 158 valence electrons. The molecular weight excluding hydrogens is 422 g/mol. The molecule has 1 heterocycles. The number of aromatic hydroxyl groups is 1. The fraction of sp³-hybridized carbons (Fsp3) is 0.0769. The maximum absolute atomic E-state index is 12.7. The molecule has 32 heavy (non-hydrogen) atoms. The SMILES string of the molecule is Cc1c(/C=C(/C#N)C(=O)Nc2ccc(O)cc2)c2ccccc2n1Cc1ccc(Cl)cc1. The van der Waals surface area contributed by atoms with Gasteiger partial charge in [-0.15, -0.1) is 0 Å². The normalized spacial score (nSPS) is 11.3. The molecule has 2 N–H and O–H groups in total. The van der Waals surface area contributed by atoms with E-state index in [0.717, 1.165) is 27.7 Å². The van der Waals surface area contributed by atoms with Crippen molar-refractivity contribution in [3.63, 3.8) is 0 Å². The van der Waals surface area contributed by atoms with Crippen molar-refractivity contribution in [2.24, 2.45) is 0 Å². The lowest BCUT2D eigenvalue weighted by Gasteiger charge is -2.09. The van der Waals surface area contributed by atoms with E-state index in [2.05, 4.69) is 9.88 Å². The summed E-state index contributed by atoms with van der Waals surface area (Å²) < 4.78 is 2.16. The fourth-order valence-electron chi connectivity index (χ4n) is 3.65. The summed E-state index contributed by atoms with van der Waals surface area (Å²) in [4.78, 5) is 12.7. The minimum absolute atomic E-state index is 0.00410. The van der Waals surface area contributed by atoms with Crippen LogP contribution in [0.1, 0.15) is 16.8 Å². The summed E-state index contributed by atoms with van der Waals surface area (Å²) in [6, 6.07) is 23.7. The number of phenolic OH excluding ortho intramolecular Hbond substituents is 1. The van der Waals surface area contributed by atoms with Crippen molar-refractivity contribution in [2.45, 2.75) is 13.5 Å². The zero-order chi connectivity index (χ0) is 22.7. The number of hydrogen-bond donors (Lipinski definition) is 2. The highest BCUT2D eigenvalue weighted by Gasteiger charge is 2.16. The number of fused-ring (bicyclic) bond motifs is 1. The molecule has 0 spiro atoms. The summed E-state index contributed by atoms with van der Waals surface area (Å²) in [5.74, 6) is -0.407. The predicted molar refractivity (Wildman–Crippen MR) is 128 cm³/mol. The number of amides is 1. The van der Waals surface area contributed by atoms with Gasteiger partial charge in [-0.2, -0.15) is 5.26 Å². The summed E-state index contributed by atoms with van der Waals surface area (Å²) in [6.45, 7) is 2.62. The van der Waals surface area contributed by atoms with E-state index in [9.17, 15) is 15.2 Å². The van der Waals surface area contributed by atoms with E-state index in [4.69, 9.17) is 11.6 Å². The van der Waals surface area contributed by atoms with Crippen molar-refractivity contribution in [3.8, 4) is 11.8 Å². The number of halogens is 1. The number of anilines is 1. The third-order valence-corrected chi connectivity index (χ3v) is 5.56. The van der Waals surface area contributed by atoms with Gasteiger partial charge in [0.05, 0.1) is 0 Å². The molecule has 0 atom stereocenters. The number of hydrogen-bond acceptors (Lipinski definition) is 3. The number of para-hydroxylation sites is 1. The average molecular weight is 442 g/mol. The van der Waals surface area contributed by atoms with Gasteiger partial charge in [-0.05, 0) is 61.0 Å². The van der Waals surface area contributed by atoms with Gasteiger partial charge in [0.2, 0.25) is 0 Å². The summed E-state index contributed by atoms with van der Waals surface area (Å²) >= 11 is 6.02. The van der Waals surface area contributed by atoms with E-state index in [1.165, 1.54) is 12.1 Å². The highest BCUT2D eigenvalue weighted by Crippen LogP contribution is 2.29. The van der Waals surface area contributed by atoms with Gasteiger partial charge in [0.1, 0.15) is 17.4 Å². The van der Waals surface area contributed by atoms with E-state index in [0.29, 0.717) is 17.3 Å². The van der Waals surface area contributed by atoms with Gasteiger partial charge in [0.15, 0.2) is 0 Å². The predicted octanol–water partition coefficient (Wildman–Crippen LogP) is 5.90. The minimum Gasteiger partial charge on any atom is -0.508 e. The van der Waals surface area contributed by atoms with Gasteiger partial charge in [-0.1, -0.05) is 41.9 Å². The van der Waals surface area contributed by atoms with Crippen LogP contribution in [0.2, 0.25) is 5.02 Å². The molecule has 0 unspecified atom stereocenters. The van der Waals surface area contributed by atoms with Crippen LogP contribution in [-0.4, -0.2) is 15.6 Å². The van der Waals surface area contributed by atoms with Crippen LogP contribution in [0.5, 0.6) is 5.75 Å². The molecule has 1 amide bonds. The quantitative estimate of drug-likeness (QED) is 0.230. The third-order valence-electron chi connectivity index (χ3n) is 5.31. The van der Waals surface area contributed by atoms with Crippen molar-refractivity contribution in [1.82, 2.24) is 4.57 Å². The lowest BCUT2D eigenvalue weighted by molar-refractivity contribution is -0.112. The van der Waals surface area contributed by atoms with Crippen LogP contribution < -0.4 is 5.32 Å². The molecule has 0 bridgehead atoms. The second kappa shape index (κ2) is 9.01. The van der Waals surface area contributed by atoms with Crippen LogP contribution in [-0.2, 0) is 11.3 Å². The molecule has 4 aromatic rings. The van der Waals surface area contributed by atoms with E-state index in [1.54, 1.807) is 18.2 Å². The molecule has 0 aliphatic carbocycles. The zero-order valence-corrected chi connectivity index (χ0v) is 18.1. The number of nitriles is 1. The molecule has 5 nitrogen and oxygen atoms in total. The van der Waals surface area contributed by atoms with E-state index in [1.807, 2.05) is 61.5 Å². The van der Waals surface area contributed by atoms with Crippen molar-refractivity contribution < 1.29 is 9.90 Å². The number of nitrogens with one attached hydrogen (secondary N) is 1. The lowest BCUT2D eigenvalue weighted by Crippen LogP contribution is -2.13. The first-order valence-electron chi connectivity index (χ1n) is 10.0. The number of rotatable bonds is 5. The average Bonchev–Trinajstić information content (AvgIpc) is 3.06. The van der Waals surface area contributed by atoms with Gasteiger partial charge in [-0.25, -0.2) is 0 Å². The summed E-state index contributed by atoms with van der Waals surface area (Å²) in [5, 5.41) is 23.4. The van der Waals surface area contributed by atoms with Crippen molar-refractivity contribution in [3.05, 3.63) is 100 Å². The van der Waals surface area contributed by atoms with Gasteiger partial charge < -0.3 is 15.0 Å². The Labute approximate surface area is 190 Å². The van der Waals surface area contributed by atoms with Gasteiger partial charge >= 0.3 is 0 Å². The van der Waals surface area contributed by atoms with E-state index < -0.39 is 5.91 Å². The molecule has 0 saturated carbocycles. The van der Waals surface area contributed by atoms with Gasteiger partial charge in [-0.3, -0.25) is 4.79 Å². The maximum Gasteiger partial charge on any atom is 0.266 e. The Bertz CT molecular complexity index is 1360. The molecule has 6 heteroatoms. The van der Waals surface area contributed by atoms with Gasteiger partial charge in [0.25, 0.3) is 5.91 Å². The number of nitrogens with zero attached hydrogens (tertiary/aromatic N) is 2. The topological polar surface area (TPSA) is 78.1 Å². The first-order chi connectivity index (χ1) is 15.5. The van der Waals surface area contributed by atoms with Crippen LogP contribution in [0.4, 0.5) is 5.69 Å². The van der Waals surface area contributed by atoms with Crippen LogP contribution >= 0.6 is 11.6 Å². The first-order valence-corrected chi connectivity index (χ1v) is 10.4. The number of carbonyl (C=O) groups is 1. The number of aromatic nitrogens is 1. The van der Waals surface area contributed by atoms with Gasteiger partial charge in [0, 0.05) is 39.4 Å². The van der Waals surface area contributed by atoms with Crippen molar-refractivity contribution >= 4 is 40.2 Å². The molecule has 0 saturated heterocycles. The molecule has 0 fully saturated rings. The van der Waals surface area contributed by atoms with Crippen LogP contribution in [0.15, 0.2) is 78.4 Å². The molecule has 0 radical (unpaired) electrons. The van der Waals surface area contributed by atoms with E-state index >= 15 is 0 Å². The van der Waals surface area contributed by atoms with Crippen molar-refractivity contribution in [1.29, 1.82) is 5.26 Å². The fourth-order valence-corrected chi connectivity index (χ4v) is 3.78. The Kier molecular flexibility index (Phi) is 5.98. The second-order valence-electron chi connectivity index (χ2n) is 7.40. The maximum atomic E-state index is 12.7. The Morgan fingerprint density at radius 3 is 2.47 bits per heavy atom. The molecule has 0 aliphatic heterocycles. The Balaban J connectivity index is 1.72. The zero-order valence-electron chi connectivity index (χ0n) is 17.3. The molecule has 1 aromatic heterocycles. The minimum atomic E-state index is -0.507. The third kappa shape index (κ3) is 4.36. The molecule has 3 aromatic carbocycles. The highest BCUT2D eigenvalue weighted by molar-refractivity contribution is 6.30. The monoisotopic (exact) mass is 441 g/mol. The first kappa shape index (κ1) is 21.2. The Morgan fingerprint density at radius 1 is 1.09 bits per heavy atom. The molecular formula is C26H20ClN3O2. The van der Waals surface area contributed by atoms with Crippen LogP contribution in [0.3, 0.4) is 0 Å². The summed E-state index contributed by atoms with van der Waals surface area (Å²) in [5.41, 5.74) is 4.38. The van der Waals surface area contributed by atoms with Crippen LogP contribution in [0, 0.1) is 18.3 Å². The standard InChI is InChI=1S/C26H20ClN3O2/c1-17-24(14-19(15-28)26(32)29-21-10-12-22(31)13-11-21)23-4-2-3-5-25(23)30(17)16-18-6-8-20(27)9-7-18/h2-14,31H,16H2,1H3,(H,29,32)/b19-14-. The van der Waals surface area contributed by atoms with Crippen molar-refractivity contribution in [2.75, 3.05) is 5.32 Å². The summed E-state index contributed by atoms with van der Waals surface area (Å²) in [7, 11) is 0. The number of carbonyl (C=O) groups excluding carboxylic acids is 1. The molecule has 0 aliphatic rings. The largest absolute Gasteiger partial charge is 0.508 e. The smallest absolute Gasteiger partial charge is 0.266 e. The number of benzene rings is 3. The lowest BCUT2D eigenvalue weighted by atomic mass is 10.1.